The van der Waals surface area contributed by atoms with Crippen LogP contribution < -0.4 is 0 Å². The van der Waals surface area contributed by atoms with E-state index in [4.69, 9.17) is 4.74 Å². The summed E-state index contributed by atoms with van der Waals surface area (Å²) < 4.78 is 5.32. The van der Waals surface area contributed by atoms with Crippen molar-refractivity contribution in [1.82, 2.24) is 0 Å². The van der Waals surface area contributed by atoms with Crippen LogP contribution >= 0.6 is 0 Å². The molecule has 1 fully saturated rings. The number of methoxy groups -OCH3 is 1. The molecule has 10 heavy (non-hydrogen) atoms. The molecule has 0 radical (unpaired) electrons. The molecular weight excluding hydrogens is 124 g/mol. The zero-order valence-corrected chi connectivity index (χ0v) is 7.10. The third kappa shape index (κ3) is 2.30. The van der Waals surface area contributed by atoms with Crippen LogP contribution in [0, 0.1) is 5.92 Å². The lowest BCUT2D eigenvalue weighted by molar-refractivity contribution is 0.0892. The summed E-state index contributed by atoms with van der Waals surface area (Å²) in [7, 11) is 1.83. The monoisotopic (exact) mass is 142 g/mol. The summed E-state index contributed by atoms with van der Waals surface area (Å²) in [6.45, 7) is 2.35. The van der Waals surface area contributed by atoms with Crippen molar-refractivity contribution < 1.29 is 4.74 Å². The molecule has 0 N–H and O–H groups in total. The topological polar surface area (TPSA) is 9.23 Å². The molecule has 0 spiro atoms. The molecule has 0 amide bonds. The number of rotatable bonds is 1. The third-order valence-electron chi connectivity index (χ3n) is 2.54. The van der Waals surface area contributed by atoms with Crippen molar-refractivity contribution in [2.75, 3.05) is 7.11 Å². The minimum atomic E-state index is 0.560. The van der Waals surface area contributed by atoms with E-state index in [9.17, 15) is 0 Å². The van der Waals surface area contributed by atoms with E-state index in [0.717, 1.165) is 5.92 Å². The van der Waals surface area contributed by atoms with E-state index in [1.54, 1.807) is 0 Å². The second-order valence-electron chi connectivity index (χ2n) is 3.47. The molecule has 1 heteroatoms. The fraction of sp³-hybridized carbons (Fsp3) is 1.00. The van der Waals surface area contributed by atoms with E-state index < -0.39 is 0 Å². The van der Waals surface area contributed by atoms with Crippen LogP contribution in [-0.2, 0) is 4.74 Å². The first-order valence-electron chi connectivity index (χ1n) is 4.35. The predicted octanol–water partition coefficient (Wildman–Crippen LogP) is 2.60. The largest absolute Gasteiger partial charge is 0.381 e. The van der Waals surface area contributed by atoms with E-state index in [1.807, 2.05) is 7.11 Å². The molecule has 2 atom stereocenters. The summed E-state index contributed by atoms with van der Waals surface area (Å²) in [6, 6.07) is 0. The van der Waals surface area contributed by atoms with Crippen molar-refractivity contribution in [2.45, 2.75) is 45.1 Å². The lowest BCUT2D eigenvalue weighted by Gasteiger charge is -2.10. The maximum Gasteiger partial charge on any atom is 0.0571 e. The van der Waals surface area contributed by atoms with Crippen molar-refractivity contribution in [2.24, 2.45) is 5.92 Å². The van der Waals surface area contributed by atoms with Crippen LogP contribution in [0.3, 0.4) is 0 Å². The van der Waals surface area contributed by atoms with Crippen LogP contribution in [0.2, 0.25) is 0 Å². The zero-order valence-electron chi connectivity index (χ0n) is 7.10. The average Bonchev–Trinajstić information content (AvgIpc) is 2.14. The van der Waals surface area contributed by atoms with E-state index in [0.29, 0.717) is 6.10 Å². The molecule has 2 unspecified atom stereocenters. The van der Waals surface area contributed by atoms with Gasteiger partial charge in [-0.05, 0) is 25.2 Å². The molecule has 1 saturated carbocycles. The van der Waals surface area contributed by atoms with Crippen LogP contribution in [0.15, 0.2) is 0 Å². The van der Waals surface area contributed by atoms with Crippen LogP contribution in [0.5, 0.6) is 0 Å². The third-order valence-corrected chi connectivity index (χ3v) is 2.54. The van der Waals surface area contributed by atoms with Gasteiger partial charge in [0.25, 0.3) is 0 Å². The highest BCUT2D eigenvalue weighted by atomic mass is 16.5. The Kier molecular flexibility index (Phi) is 3.20. The Morgan fingerprint density at radius 3 is 2.60 bits per heavy atom. The van der Waals surface area contributed by atoms with Gasteiger partial charge in [-0.2, -0.15) is 0 Å². The van der Waals surface area contributed by atoms with Gasteiger partial charge < -0.3 is 4.74 Å². The molecule has 0 bridgehead atoms. The molecule has 0 aromatic carbocycles. The molecule has 60 valence electrons. The Balaban J connectivity index is 2.26. The first-order chi connectivity index (χ1) is 4.83. The quantitative estimate of drug-likeness (QED) is 0.511. The summed E-state index contributed by atoms with van der Waals surface area (Å²) >= 11 is 0. The van der Waals surface area contributed by atoms with E-state index in [1.165, 1.54) is 32.1 Å². The van der Waals surface area contributed by atoms with E-state index >= 15 is 0 Å². The zero-order chi connectivity index (χ0) is 7.40. The minimum Gasteiger partial charge on any atom is -0.381 e. The molecule has 0 aromatic rings. The molecule has 1 rings (SSSR count). The number of hydrogen-bond acceptors (Lipinski definition) is 1. The van der Waals surface area contributed by atoms with Crippen molar-refractivity contribution in [1.29, 1.82) is 0 Å². The molecule has 0 aliphatic heterocycles. The van der Waals surface area contributed by atoms with E-state index in [2.05, 4.69) is 6.92 Å². The van der Waals surface area contributed by atoms with Gasteiger partial charge in [-0.1, -0.05) is 19.8 Å². The molecule has 1 aliphatic carbocycles. The van der Waals surface area contributed by atoms with Gasteiger partial charge in [0.05, 0.1) is 6.10 Å². The number of hydrogen-bond donors (Lipinski definition) is 0. The molecule has 0 aromatic heterocycles. The average molecular weight is 142 g/mol. The van der Waals surface area contributed by atoms with Crippen LogP contribution in [-0.4, -0.2) is 13.2 Å². The van der Waals surface area contributed by atoms with Crippen molar-refractivity contribution >= 4 is 0 Å². The number of ether oxygens (including phenoxy) is 1. The molecular formula is C9H18O. The van der Waals surface area contributed by atoms with Crippen molar-refractivity contribution in [3.05, 3.63) is 0 Å². The van der Waals surface area contributed by atoms with Gasteiger partial charge in [-0.15, -0.1) is 0 Å². The van der Waals surface area contributed by atoms with Gasteiger partial charge in [0.2, 0.25) is 0 Å². The summed E-state index contributed by atoms with van der Waals surface area (Å²) in [5.74, 6) is 0.931. The Labute approximate surface area is 63.8 Å². The van der Waals surface area contributed by atoms with Gasteiger partial charge >= 0.3 is 0 Å². The molecule has 0 saturated heterocycles. The Morgan fingerprint density at radius 1 is 1.10 bits per heavy atom. The van der Waals surface area contributed by atoms with Gasteiger partial charge in [-0.25, -0.2) is 0 Å². The molecule has 0 heterocycles. The first-order valence-corrected chi connectivity index (χ1v) is 4.35. The van der Waals surface area contributed by atoms with Crippen molar-refractivity contribution in [3.8, 4) is 0 Å². The highest BCUT2D eigenvalue weighted by Gasteiger charge is 2.14. The van der Waals surface area contributed by atoms with Crippen LogP contribution in [0.1, 0.15) is 39.0 Å². The summed E-state index contributed by atoms with van der Waals surface area (Å²) in [4.78, 5) is 0. The minimum absolute atomic E-state index is 0.560. The second-order valence-corrected chi connectivity index (χ2v) is 3.47. The van der Waals surface area contributed by atoms with E-state index in [-0.39, 0.29) is 0 Å². The summed E-state index contributed by atoms with van der Waals surface area (Å²) in [5, 5.41) is 0. The summed E-state index contributed by atoms with van der Waals surface area (Å²) in [6.07, 6.45) is 7.24. The molecule has 1 aliphatic rings. The summed E-state index contributed by atoms with van der Waals surface area (Å²) in [5.41, 5.74) is 0. The van der Waals surface area contributed by atoms with Gasteiger partial charge in [0, 0.05) is 7.11 Å². The Morgan fingerprint density at radius 2 is 1.90 bits per heavy atom. The molecule has 1 nitrogen and oxygen atoms in total. The lowest BCUT2D eigenvalue weighted by Crippen LogP contribution is -2.07. The lowest BCUT2D eigenvalue weighted by atomic mass is 10.0. The van der Waals surface area contributed by atoms with Crippen molar-refractivity contribution in [3.63, 3.8) is 0 Å². The standard InChI is InChI=1S/C9H18O/c1-8-4-3-5-9(10-2)7-6-8/h8-9H,3-7H2,1-2H3. The Hall–Kier alpha value is -0.0400. The Bertz CT molecular complexity index is 90.7. The predicted molar refractivity (Wildman–Crippen MR) is 43.0 cm³/mol. The maximum atomic E-state index is 5.32. The SMILES string of the molecule is COC1CCCC(C)CC1. The maximum absolute atomic E-state index is 5.32. The first kappa shape index (κ1) is 8.06. The highest BCUT2D eigenvalue weighted by molar-refractivity contribution is 4.67. The van der Waals surface area contributed by atoms with Gasteiger partial charge in [0.1, 0.15) is 0 Å². The fourth-order valence-electron chi connectivity index (χ4n) is 1.69. The van der Waals surface area contributed by atoms with Crippen LogP contribution in [0.25, 0.3) is 0 Å². The van der Waals surface area contributed by atoms with Gasteiger partial charge in [-0.3, -0.25) is 0 Å². The normalized spacial score (nSPS) is 35.4. The smallest absolute Gasteiger partial charge is 0.0571 e. The second kappa shape index (κ2) is 3.97. The van der Waals surface area contributed by atoms with Crippen LogP contribution in [0.4, 0.5) is 0 Å². The highest BCUT2D eigenvalue weighted by Crippen LogP contribution is 2.23. The van der Waals surface area contributed by atoms with Gasteiger partial charge in [0.15, 0.2) is 0 Å². The fourth-order valence-corrected chi connectivity index (χ4v) is 1.69.